The van der Waals surface area contributed by atoms with E-state index >= 15 is 0 Å². The van der Waals surface area contributed by atoms with Gasteiger partial charge in [0.15, 0.2) is 5.82 Å². The molecule has 1 heterocycles. The molecular formula is C18H30N4O6S2. The maximum Gasteiger partial charge on any atom is 0.342 e. The van der Waals surface area contributed by atoms with Crippen LogP contribution in [0, 0.1) is 17.0 Å². The van der Waals surface area contributed by atoms with Crippen molar-refractivity contribution in [2.75, 3.05) is 45.4 Å². The monoisotopic (exact) mass is 462 g/mol. The molecule has 12 heteroatoms. The lowest BCUT2D eigenvalue weighted by atomic mass is 10.3. The van der Waals surface area contributed by atoms with Gasteiger partial charge in [0.25, 0.3) is 0 Å². The van der Waals surface area contributed by atoms with Gasteiger partial charge in [-0.15, -0.1) is 0 Å². The Kier molecular flexibility index (Phi) is 13.2. The number of hydrogen-bond acceptors (Lipinski definition) is 10. The van der Waals surface area contributed by atoms with E-state index < -0.39 is 4.92 Å². The maximum atomic E-state index is 11.8. The summed E-state index contributed by atoms with van der Waals surface area (Å²) < 4.78 is 11.7. The first kappa shape index (κ1) is 26.2. The number of esters is 2. The van der Waals surface area contributed by atoms with E-state index in [9.17, 15) is 19.7 Å². The first-order chi connectivity index (χ1) is 14.3. The average molecular weight is 463 g/mol. The fourth-order valence-corrected chi connectivity index (χ4v) is 4.31. The van der Waals surface area contributed by atoms with Crippen LogP contribution in [0.4, 0.5) is 5.82 Å². The van der Waals surface area contributed by atoms with Gasteiger partial charge in [0.2, 0.25) is 0 Å². The van der Waals surface area contributed by atoms with Gasteiger partial charge in [0.05, 0.1) is 0 Å². The summed E-state index contributed by atoms with van der Waals surface area (Å²) in [7, 11) is 7.16. The third-order valence-corrected chi connectivity index (χ3v) is 6.36. The highest BCUT2D eigenvalue weighted by molar-refractivity contribution is 8.76. The molecule has 0 N–H and O–H groups in total. The molecule has 0 spiro atoms. The number of aromatic nitrogens is 2. The number of aryl methyl sites for hydroxylation is 1. The molecule has 0 unspecified atom stereocenters. The molecule has 10 nitrogen and oxygen atoms in total. The van der Waals surface area contributed by atoms with Crippen LogP contribution in [-0.4, -0.2) is 76.7 Å². The lowest BCUT2D eigenvalue weighted by Crippen LogP contribution is -2.15. The van der Waals surface area contributed by atoms with Gasteiger partial charge in [-0.25, -0.2) is 9.55 Å². The van der Waals surface area contributed by atoms with Crippen LogP contribution in [0.3, 0.4) is 0 Å². The van der Waals surface area contributed by atoms with Crippen LogP contribution in [0.5, 0.6) is 0 Å². The second-order valence-corrected chi connectivity index (χ2v) is 9.37. The Morgan fingerprint density at radius 2 is 1.77 bits per heavy atom. The molecule has 1 rings (SSSR count). The lowest BCUT2D eigenvalue weighted by molar-refractivity contribution is -0.392. The predicted molar refractivity (Wildman–Crippen MR) is 117 cm³/mol. The second-order valence-electron chi connectivity index (χ2n) is 6.67. The minimum absolute atomic E-state index is 0.0681. The van der Waals surface area contributed by atoms with Crippen LogP contribution < -0.4 is 0 Å². The summed E-state index contributed by atoms with van der Waals surface area (Å²) >= 11 is 0. The van der Waals surface area contributed by atoms with E-state index in [1.165, 1.54) is 10.8 Å². The first-order valence-electron chi connectivity index (χ1n) is 9.68. The summed E-state index contributed by atoms with van der Waals surface area (Å²) in [4.78, 5) is 39.6. The molecule has 0 saturated heterocycles. The molecule has 0 atom stereocenters. The molecule has 0 fully saturated rings. The summed E-state index contributed by atoms with van der Waals surface area (Å²) in [6.07, 6.45) is 3.39. The van der Waals surface area contributed by atoms with Gasteiger partial charge in [0.1, 0.15) is 26.0 Å². The van der Waals surface area contributed by atoms with Gasteiger partial charge in [-0.3, -0.25) is 9.59 Å². The fourth-order valence-electron chi connectivity index (χ4n) is 2.40. The predicted octanol–water partition coefficient (Wildman–Crippen LogP) is 2.69. The third kappa shape index (κ3) is 11.4. The van der Waals surface area contributed by atoms with E-state index in [2.05, 4.69) is 4.98 Å². The molecule has 0 saturated carbocycles. The van der Waals surface area contributed by atoms with Crippen molar-refractivity contribution in [2.45, 2.75) is 39.2 Å². The molecule has 0 aliphatic rings. The van der Waals surface area contributed by atoms with Gasteiger partial charge in [-0.2, -0.15) is 0 Å². The SMILES string of the molecule is Cc1ncc([N+](=O)[O-])n1CCOC(=O)CCCSSCCOC(=O)CCCN(C)C. The van der Waals surface area contributed by atoms with E-state index in [1.54, 1.807) is 28.5 Å². The Hall–Kier alpha value is -1.79. The number of rotatable bonds is 16. The van der Waals surface area contributed by atoms with Crippen LogP contribution in [0.15, 0.2) is 6.20 Å². The molecule has 170 valence electrons. The highest BCUT2D eigenvalue weighted by atomic mass is 33.1. The molecular weight excluding hydrogens is 432 g/mol. The Morgan fingerprint density at radius 1 is 1.13 bits per heavy atom. The summed E-state index contributed by atoms with van der Waals surface area (Å²) in [6, 6.07) is 0. The topological polar surface area (TPSA) is 117 Å². The van der Waals surface area contributed by atoms with Crippen molar-refractivity contribution >= 4 is 39.3 Å². The van der Waals surface area contributed by atoms with Crippen molar-refractivity contribution in [3.05, 3.63) is 22.1 Å². The van der Waals surface area contributed by atoms with Crippen molar-refractivity contribution in [1.82, 2.24) is 14.5 Å². The van der Waals surface area contributed by atoms with E-state index in [1.807, 2.05) is 19.0 Å². The molecule has 1 aromatic rings. The zero-order valence-corrected chi connectivity index (χ0v) is 19.3. The van der Waals surface area contributed by atoms with Crippen LogP contribution in [0.1, 0.15) is 31.5 Å². The summed E-state index contributed by atoms with van der Waals surface area (Å²) in [5.41, 5.74) is 0. The normalized spacial score (nSPS) is 10.9. The number of carbonyl (C=O) groups is 2. The number of ether oxygens (including phenoxy) is 2. The van der Waals surface area contributed by atoms with Crippen LogP contribution in [0.2, 0.25) is 0 Å². The number of carbonyl (C=O) groups excluding carboxylic acids is 2. The molecule has 0 aliphatic heterocycles. The molecule has 0 aromatic carbocycles. The Bertz CT molecular complexity index is 684. The average Bonchev–Trinajstić information content (AvgIpc) is 3.04. The number of hydrogen-bond donors (Lipinski definition) is 0. The molecule has 30 heavy (non-hydrogen) atoms. The fraction of sp³-hybridized carbons (Fsp3) is 0.722. The van der Waals surface area contributed by atoms with Crippen molar-refractivity contribution in [1.29, 1.82) is 0 Å². The van der Waals surface area contributed by atoms with Crippen molar-refractivity contribution < 1.29 is 24.0 Å². The van der Waals surface area contributed by atoms with Gasteiger partial charge in [-0.05, 0) is 38.4 Å². The zero-order valence-electron chi connectivity index (χ0n) is 17.7. The van der Waals surface area contributed by atoms with Crippen molar-refractivity contribution in [3.8, 4) is 0 Å². The summed E-state index contributed by atoms with van der Waals surface area (Å²) in [5, 5.41) is 10.9. The maximum absolute atomic E-state index is 11.8. The van der Waals surface area contributed by atoms with E-state index in [0.29, 0.717) is 37.4 Å². The van der Waals surface area contributed by atoms with E-state index in [0.717, 1.165) is 18.7 Å². The van der Waals surface area contributed by atoms with E-state index in [4.69, 9.17) is 9.47 Å². The molecule has 1 aromatic heterocycles. The molecule has 0 aliphatic carbocycles. The zero-order chi connectivity index (χ0) is 22.4. The Morgan fingerprint density at radius 3 is 2.43 bits per heavy atom. The van der Waals surface area contributed by atoms with Crippen molar-refractivity contribution in [2.24, 2.45) is 0 Å². The second kappa shape index (κ2) is 15.1. The van der Waals surface area contributed by atoms with Gasteiger partial charge < -0.3 is 24.5 Å². The van der Waals surface area contributed by atoms with Crippen LogP contribution >= 0.6 is 21.6 Å². The summed E-state index contributed by atoms with van der Waals surface area (Å²) in [5.74, 6) is 1.39. The molecule has 0 radical (unpaired) electrons. The lowest BCUT2D eigenvalue weighted by Gasteiger charge is -2.08. The largest absolute Gasteiger partial charge is 0.465 e. The smallest absolute Gasteiger partial charge is 0.342 e. The first-order valence-corrected chi connectivity index (χ1v) is 12.2. The quantitative estimate of drug-likeness (QED) is 0.119. The third-order valence-electron chi connectivity index (χ3n) is 3.91. The van der Waals surface area contributed by atoms with Crippen LogP contribution in [-0.2, 0) is 25.6 Å². The molecule has 0 bridgehead atoms. The Labute approximate surface area is 184 Å². The highest BCUT2D eigenvalue weighted by Gasteiger charge is 2.17. The highest BCUT2D eigenvalue weighted by Crippen LogP contribution is 2.22. The van der Waals surface area contributed by atoms with Gasteiger partial charge in [-0.1, -0.05) is 21.6 Å². The summed E-state index contributed by atoms with van der Waals surface area (Å²) in [6.45, 7) is 3.19. The minimum Gasteiger partial charge on any atom is -0.465 e. The van der Waals surface area contributed by atoms with Gasteiger partial charge in [0, 0.05) is 31.3 Å². The van der Waals surface area contributed by atoms with Crippen LogP contribution in [0.25, 0.3) is 0 Å². The van der Waals surface area contributed by atoms with Gasteiger partial charge >= 0.3 is 17.8 Å². The minimum atomic E-state index is -0.511. The number of nitrogens with zero attached hydrogens (tertiary/aromatic N) is 4. The van der Waals surface area contributed by atoms with Crippen molar-refractivity contribution in [3.63, 3.8) is 0 Å². The number of nitro groups is 1. The Balaban J connectivity index is 1.99. The van der Waals surface area contributed by atoms with E-state index in [-0.39, 0.29) is 30.9 Å². The standard InChI is InChI=1S/C18H30N4O6S2/c1-15-19-14-16(22(25)26)21(15)9-10-27-18(24)7-5-12-29-30-13-11-28-17(23)6-4-8-20(2)3/h14H,4-13H2,1-3H3. The number of imidazole rings is 1. The molecule has 0 amide bonds.